The lowest BCUT2D eigenvalue weighted by Gasteiger charge is -2.18. The Bertz CT molecular complexity index is 661. The number of rotatable bonds is 4. The summed E-state index contributed by atoms with van der Waals surface area (Å²) >= 11 is 0. The summed E-state index contributed by atoms with van der Waals surface area (Å²) in [7, 11) is 0. The second-order valence-corrected chi connectivity index (χ2v) is 5.56. The molecule has 1 aliphatic carbocycles. The molecule has 3 rings (SSSR count). The van der Waals surface area contributed by atoms with Crippen LogP contribution >= 0.6 is 0 Å². The molecule has 0 saturated heterocycles. The van der Waals surface area contributed by atoms with E-state index >= 15 is 0 Å². The van der Waals surface area contributed by atoms with E-state index in [4.69, 9.17) is 4.74 Å². The molecule has 0 N–H and O–H groups in total. The minimum atomic E-state index is 0.215. The van der Waals surface area contributed by atoms with Crippen molar-refractivity contribution >= 4 is 5.78 Å². The Morgan fingerprint density at radius 2 is 2.19 bits per heavy atom. The second-order valence-electron chi connectivity index (χ2n) is 5.56. The maximum Gasteiger partial charge on any atom is 0.165 e. The van der Waals surface area contributed by atoms with Crippen LogP contribution in [0.2, 0.25) is 0 Å². The van der Waals surface area contributed by atoms with Gasteiger partial charge in [0.15, 0.2) is 11.6 Å². The van der Waals surface area contributed by atoms with E-state index in [1.54, 1.807) is 6.33 Å². The smallest absolute Gasteiger partial charge is 0.165 e. The van der Waals surface area contributed by atoms with Gasteiger partial charge in [-0.25, -0.2) is 9.67 Å². The van der Waals surface area contributed by atoms with Gasteiger partial charge in [0.05, 0.1) is 0 Å². The highest BCUT2D eigenvalue weighted by atomic mass is 16.5. The van der Waals surface area contributed by atoms with Crippen LogP contribution in [0.3, 0.4) is 0 Å². The van der Waals surface area contributed by atoms with E-state index in [0.29, 0.717) is 13.0 Å². The van der Waals surface area contributed by atoms with Crippen molar-refractivity contribution in [1.82, 2.24) is 14.8 Å². The lowest BCUT2D eigenvalue weighted by Crippen LogP contribution is -2.14. The van der Waals surface area contributed by atoms with Gasteiger partial charge in [-0.05, 0) is 32.8 Å². The van der Waals surface area contributed by atoms with E-state index in [1.807, 2.05) is 22.9 Å². The summed E-state index contributed by atoms with van der Waals surface area (Å²) in [5.74, 6) is 1.80. The van der Waals surface area contributed by atoms with E-state index in [0.717, 1.165) is 35.5 Å². The van der Waals surface area contributed by atoms with Crippen molar-refractivity contribution in [1.29, 1.82) is 0 Å². The van der Waals surface area contributed by atoms with Crippen LogP contribution in [-0.4, -0.2) is 20.5 Å². The number of hydrogen-bond donors (Lipinski definition) is 0. The van der Waals surface area contributed by atoms with Crippen LogP contribution in [0.5, 0.6) is 5.75 Å². The molecule has 2 aromatic rings. The van der Waals surface area contributed by atoms with Gasteiger partial charge in [-0.2, -0.15) is 5.10 Å². The van der Waals surface area contributed by atoms with Crippen molar-refractivity contribution < 1.29 is 9.53 Å². The van der Waals surface area contributed by atoms with Gasteiger partial charge >= 0.3 is 0 Å². The summed E-state index contributed by atoms with van der Waals surface area (Å²) in [6.07, 6.45) is 3.98. The number of aromatic nitrogens is 3. The zero-order chi connectivity index (χ0) is 14.8. The third kappa shape index (κ3) is 2.68. The molecular weight excluding hydrogens is 266 g/mol. The summed E-state index contributed by atoms with van der Waals surface area (Å²) in [6.45, 7) is 4.48. The molecule has 0 atom stereocenters. The predicted molar refractivity (Wildman–Crippen MR) is 78.4 cm³/mol. The number of benzene rings is 1. The normalized spacial score (nSPS) is 14.3. The summed E-state index contributed by atoms with van der Waals surface area (Å²) < 4.78 is 7.76. The van der Waals surface area contributed by atoms with E-state index in [-0.39, 0.29) is 11.8 Å². The number of nitrogens with zero attached hydrogens (tertiary/aromatic N) is 3. The number of fused-ring (bicyclic) bond motifs is 1. The molecule has 5 heteroatoms. The molecule has 110 valence electrons. The molecule has 0 radical (unpaired) electrons. The Kier molecular flexibility index (Phi) is 3.73. The molecule has 5 nitrogen and oxygen atoms in total. The number of ether oxygens (including phenoxy) is 1. The van der Waals surface area contributed by atoms with Crippen molar-refractivity contribution in [3.63, 3.8) is 0 Å². The maximum atomic E-state index is 11.9. The molecule has 1 aromatic carbocycles. The molecule has 1 aliphatic rings. The zero-order valence-electron chi connectivity index (χ0n) is 12.4. The van der Waals surface area contributed by atoms with Crippen LogP contribution in [0.1, 0.15) is 54.5 Å². The van der Waals surface area contributed by atoms with Crippen molar-refractivity contribution in [3.8, 4) is 5.75 Å². The average molecular weight is 285 g/mol. The van der Waals surface area contributed by atoms with E-state index in [9.17, 15) is 4.79 Å². The van der Waals surface area contributed by atoms with Crippen molar-refractivity contribution in [2.24, 2.45) is 0 Å². The maximum absolute atomic E-state index is 11.9. The molecule has 0 spiro atoms. The van der Waals surface area contributed by atoms with Crippen molar-refractivity contribution in [2.45, 2.75) is 45.8 Å². The molecule has 21 heavy (non-hydrogen) atoms. The summed E-state index contributed by atoms with van der Waals surface area (Å²) in [5.41, 5.74) is 1.84. The molecule has 0 unspecified atom stereocenters. The van der Waals surface area contributed by atoms with Gasteiger partial charge in [-0.15, -0.1) is 0 Å². The largest absolute Gasteiger partial charge is 0.485 e. The Hall–Kier alpha value is -2.17. The standard InChI is InChI=1S/C16H19N3O2/c1-11(2)19-16(17-10-18-19)9-21-15-8-4-5-12-13(15)6-3-7-14(12)20/h4-5,8,10-11H,3,6-7,9H2,1-2H3. The number of carbonyl (C=O) groups is 1. The Balaban J connectivity index is 1.81. The Labute approximate surface area is 124 Å². The highest BCUT2D eigenvalue weighted by Crippen LogP contribution is 2.30. The summed E-state index contributed by atoms with van der Waals surface area (Å²) in [5, 5.41) is 4.20. The number of Topliss-reactive ketones (excluding diaryl/α,β-unsaturated/α-hetero) is 1. The van der Waals surface area contributed by atoms with Gasteiger partial charge in [0.2, 0.25) is 0 Å². The van der Waals surface area contributed by atoms with Crippen LogP contribution in [-0.2, 0) is 13.0 Å². The number of hydrogen-bond acceptors (Lipinski definition) is 4. The van der Waals surface area contributed by atoms with Gasteiger partial charge in [0.1, 0.15) is 18.7 Å². The molecule has 1 heterocycles. The first-order chi connectivity index (χ1) is 10.2. The highest BCUT2D eigenvalue weighted by molar-refractivity contribution is 5.99. The topological polar surface area (TPSA) is 57.0 Å². The van der Waals surface area contributed by atoms with Crippen molar-refractivity contribution in [2.75, 3.05) is 0 Å². The van der Waals surface area contributed by atoms with E-state index < -0.39 is 0 Å². The molecule has 0 fully saturated rings. The lowest BCUT2D eigenvalue weighted by atomic mass is 9.90. The average Bonchev–Trinajstić information content (AvgIpc) is 2.94. The fraction of sp³-hybridized carbons (Fsp3) is 0.438. The van der Waals surface area contributed by atoms with Crippen LogP contribution in [0.15, 0.2) is 24.5 Å². The number of carbonyl (C=O) groups excluding carboxylic acids is 1. The van der Waals surface area contributed by atoms with E-state index in [2.05, 4.69) is 23.9 Å². The summed E-state index contributed by atoms with van der Waals surface area (Å²) in [4.78, 5) is 16.2. The van der Waals surface area contributed by atoms with Gasteiger partial charge < -0.3 is 4.74 Å². The first kappa shape index (κ1) is 13.8. The van der Waals surface area contributed by atoms with Gasteiger partial charge in [0.25, 0.3) is 0 Å². The van der Waals surface area contributed by atoms with Crippen LogP contribution in [0.4, 0.5) is 0 Å². The first-order valence-corrected chi connectivity index (χ1v) is 7.33. The zero-order valence-corrected chi connectivity index (χ0v) is 12.4. The summed E-state index contributed by atoms with van der Waals surface area (Å²) in [6, 6.07) is 5.94. The molecule has 0 amide bonds. The third-order valence-electron chi connectivity index (χ3n) is 3.76. The molecule has 1 aromatic heterocycles. The highest BCUT2D eigenvalue weighted by Gasteiger charge is 2.20. The Morgan fingerprint density at radius 1 is 1.33 bits per heavy atom. The van der Waals surface area contributed by atoms with Crippen LogP contribution in [0, 0.1) is 0 Å². The monoisotopic (exact) mass is 285 g/mol. The van der Waals surface area contributed by atoms with Crippen LogP contribution in [0.25, 0.3) is 0 Å². The van der Waals surface area contributed by atoms with E-state index in [1.165, 1.54) is 0 Å². The minimum absolute atomic E-state index is 0.215. The Morgan fingerprint density at radius 3 is 3.00 bits per heavy atom. The fourth-order valence-electron chi connectivity index (χ4n) is 2.73. The van der Waals surface area contributed by atoms with Crippen LogP contribution < -0.4 is 4.74 Å². The predicted octanol–water partition coefficient (Wildman–Crippen LogP) is 2.96. The van der Waals surface area contributed by atoms with Gasteiger partial charge in [-0.3, -0.25) is 4.79 Å². The molecule has 0 saturated carbocycles. The quantitative estimate of drug-likeness (QED) is 0.866. The van der Waals surface area contributed by atoms with Gasteiger partial charge in [-0.1, -0.05) is 12.1 Å². The molecule has 0 aliphatic heterocycles. The number of ketones is 1. The van der Waals surface area contributed by atoms with Crippen molar-refractivity contribution in [3.05, 3.63) is 41.5 Å². The first-order valence-electron chi connectivity index (χ1n) is 7.33. The molecule has 0 bridgehead atoms. The minimum Gasteiger partial charge on any atom is -0.485 e. The third-order valence-corrected chi connectivity index (χ3v) is 3.76. The SMILES string of the molecule is CC(C)n1ncnc1COc1cccc2c1CCCC2=O. The van der Waals surface area contributed by atoms with Gasteiger partial charge in [0, 0.05) is 23.6 Å². The lowest BCUT2D eigenvalue weighted by molar-refractivity contribution is 0.0971. The fourth-order valence-corrected chi connectivity index (χ4v) is 2.73. The molecular formula is C16H19N3O2. The second kappa shape index (κ2) is 5.68.